The Kier molecular flexibility index (Phi) is 5.60. The van der Waals surface area contributed by atoms with Crippen molar-refractivity contribution in [2.75, 3.05) is 29.7 Å². The number of nitrogens with zero attached hydrogens (tertiary/aromatic N) is 2. The molecule has 0 amide bonds. The van der Waals surface area contributed by atoms with Crippen LogP contribution in [0, 0.1) is 5.92 Å². The average Bonchev–Trinajstić information content (AvgIpc) is 2.33. The minimum Gasteiger partial charge on any atom is -0.380 e. The monoisotopic (exact) mass is 254 g/mol. The molecule has 1 atom stereocenters. The first-order valence-electron chi connectivity index (χ1n) is 6.02. The Morgan fingerprint density at radius 2 is 2.00 bits per heavy atom. The zero-order chi connectivity index (χ0) is 13.5. The zero-order valence-corrected chi connectivity index (χ0v) is 11.1. The number of hydrazine groups is 1. The van der Waals surface area contributed by atoms with E-state index in [1.54, 1.807) is 6.07 Å². The van der Waals surface area contributed by atoms with E-state index in [4.69, 9.17) is 16.3 Å². The summed E-state index contributed by atoms with van der Waals surface area (Å²) in [6.45, 7) is 7.50. The summed E-state index contributed by atoms with van der Waals surface area (Å²) in [5.41, 5.74) is 8.05. The predicted molar refractivity (Wildman–Crippen MR) is 73.0 cm³/mol. The highest BCUT2D eigenvalue weighted by Crippen LogP contribution is 2.15. The van der Waals surface area contributed by atoms with E-state index in [0.29, 0.717) is 30.8 Å². The van der Waals surface area contributed by atoms with Crippen LogP contribution in [0.15, 0.2) is 6.07 Å². The Morgan fingerprint density at radius 3 is 2.56 bits per heavy atom. The summed E-state index contributed by atoms with van der Waals surface area (Å²) in [7, 11) is 0. The molecule has 0 saturated carbocycles. The molecular weight excluding hydrogens is 232 g/mol. The van der Waals surface area contributed by atoms with Crippen molar-refractivity contribution in [3.8, 4) is 0 Å². The van der Waals surface area contributed by atoms with Crippen LogP contribution in [-0.4, -0.2) is 29.2 Å². The summed E-state index contributed by atoms with van der Waals surface area (Å²) in [5, 5.41) is 3.28. The molecule has 0 aliphatic rings. The summed E-state index contributed by atoms with van der Waals surface area (Å²) in [4.78, 5) is 8.04. The van der Waals surface area contributed by atoms with Crippen LogP contribution in [0.1, 0.15) is 20.8 Å². The maximum absolute atomic E-state index is 5.60. The van der Waals surface area contributed by atoms with Crippen molar-refractivity contribution in [3.05, 3.63) is 6.07 Å². The quantitative estimate of drug-likeness (QED) is 0.421. The van der Waals surface area contributed by atoms with Crippen molar-refractivity contribution in [2.24, 2.45) is 11.8 Å². The summed E-state index contributed by atoms with van der Waals surface area (Å²) in [6.07, 6.45) is 0. The van der Waals surface area contributed by atoms with Crippen LogP contribution in [0.5, 0.6) is 0 Å². The van der Waals surface area contributed by atoms with E-state index in [1.807, 2.05) is 6.92 Å². The number of aromatic nitrogens is 2. The second-order valence-corrected chi connectivity index (χ2v) is 4.30. The molecule has 1 rings (SSSR count). The van der Waals surface area contributed by atoms with Gasteiger partial charge in [0.15, 0.2) is 0 Å². The molecule has 0 spiro atoms. The fraction of sp³-hybridized carbons (Fsp3) is 0.636. The number of ether oxygens (including phenoxy) is 1. The van der Waals surface area contributed by atoms with Crippen molar-refractivity contribution in [2.45, 2.75) is 26.8 Å². The lowest BCUT2D eigenvalue weighted by Gasteiger charge is -2.22. The van der Waals surface area contributed by atoms with Gasteiger partial charge in [0.25, 0.3) is 0 Å². The van der Waals surface area contributed by atoms with Gasteiger partial charge in [0.2, 0.25) is 5.95 Å². The Hall–Kier alpha value is -1.60. The highest BCUT2D eigenvalue weighted by Gasteiger charge is 2.14. The van der Waals surface area contributed by atoms with Crippen molar-refractivity contribution >= 4 is 17.6 Å². The summed E-state index contributed by atoms with van der Waals surface area (Å²) < 4.78 is 5.44. The maximum atomic E-state index is 5.60. The lowest BCUT2D eigenvalue weighted by atomic mass is 10.1. The fourth-order valence-corrected chi connectivity index (χ4v) is 1.45. The van der Waals surface area contributed by atoms with Gasteiger partial charge >= 0.3 is 0 Å². The number of hydrogen-bond donors (Lipinski definition) is 4. The summed E-state index contributed by atoms with van der Waals surface area (Å²) >= 11 is 0. The normalized spacial score (nSPS) is 12.5. The van der Waals surface area contributed by atoms with Crippen LogP contribution in [0.4, 0.5) is 17.6 Å². The van der Waals surface area contributed by atoms with Gasteiger partial charge in [-0.25, -0.2) is 5.84 Å². The zero-order valence-electron chi connectivity index (χ0n) is 11.1. The van der Waals surface area contributed by atoms with Crippen LogP contribution in [0.25, 0.3) is 0 Å². The molecule has 1 unspecified atom stereocenters. The molecule has 1 heterocycles. The lowest BCUT2D eigenvalue weighted by Crippen LogP contribution is -2.31. The molecule has 6 N–H and O–H groups in total. The van der Waals surface area contributed by atoms with Gasteiger partial charge in [-0.15, -0.1) is 0 Å². The first-order valence-corrected chi connectivity index (χ1v) is 6.02. The van der Waals surface area contributed by atoms with Gasteiger partial charge in [-0.3, -0.25) is 0 Å². The second-order valence-electron chi connectivity index (χ2n) is 4.30. The van der Waals surface area contributed by atoms with Gasteiger partial charge in [0, 0.05) is 12.7 Å². The smallest absolute Gasteiger partial charge is 0.223 e. The van der Waals surface area contributed by atoms with Gasteiger partial charge in [-0.2, -0.15) is 9.97 Å². The van der Waals surface area contributed by atoms with E-state index < -0.39 is 0 Å². The van der Waals surface area contributed by atoms with Crippen LogP contribution in [0.3, 0.4) is 0 Å². The number of nitrogens with two attached hydrogens (primary N) is 2. The molecule has 0 saturated heterocycles. The molecule has 0 aliphatic carbocycles. The van der Waals surface area contributed by atoms with Gasteiger partial charge in [0.05, 0.1) is 12.6 Å². The number of nitrogen functional groups attached to an aromatic ring is 2. The molecule has 0 bridgehead atoms. The predicted octanol–water partition coefficient (Wildman–Crippen LogP) is 0.817. The Labute approximate surface area is 107 Å². The minimum atomic E-state index is 0.157. The molecule has 0 fully saturated rings. The Morgan fingerprint density at radius 1 is 1.33 bits per heavy atom. The second kappa shape index (κ2) is 6.97. The third kappa shape index (κ3) is 4.34. The minimum absolute atomic E-state index is 0.157. The maximum Gasteiger partial charge on any atom is 0.223 e. The molecule has 0 aromatic carbocycles. The molecule has 7 nitrogen and oxygen atoms in total. The first kappa shape index (κ1) is 14.5. The third-order valence-corrected chi connectivity index (χ3v) is 2.53. The van der Waals surface area contributed by atoms with Gasteiger partial charge < -0.3 is 21.2 Å². The molecule has 1 aromatic rings. The van der Waals surface area contributed by atoms with E-state index in [2.05, 4.69) is 34.6 Å². The lowest BCUT2D eigenvalue weighted by molar-refractivity contribution is 0.126. The summed E-state index contributed by atoms with van der Waals surface area (Å²) in [5.74, 6) is 7.00. The van der Waals surface area contributed by atoms with Crippen LogP contribution in [0.2, 0.25) is 0 Å². The highest BCUT2D eigenvalue weighted by molar-refractivity contribution is 5.50. The number of hydrogen-bond acceptors (Lipinski definition) is 7. The Bertz CT molecular complexity index is 371. The standard InChI is InChI=1S/C11H22N6O/c1-4-18-6-8(7(2)3)14-9-5-10(17-13)16-11(12)15-9/h5,7-8H,4,6,13H2,1-3H3,(H4,12,14,15,16,17). The SMILES string of the molecule is CCOCC(Nc1cc(NN)nc(N)n1)C(C)C. The van der Waals surface area contributed by atoms with Crippen molar-refractivity contribution in [1.29, 1.82) is 0 Å². The fourth-order valence-electron chi connectivity index (χ4n) is 1.45. The molecule has 7 heteroatoms. The highest BCUT2D eigenvalue weighted by atomic mass is 16.5. The van der Waals surface area contributed by atoms with Crippen molar-refractivity contribution in [1.82, 2.24) is 9.97 Å². The topological polar surface area (TPSA) is 111 Å². The number of nitrogens with one attached hydrogen (secondary N) is 2. The Balaban J connectivity index is 2.76. The van der Waals surface area contributed by atoms with E-state index in [1.165, 1.54) is 0 Å². The van der Waals surface area contributed by atoms with Gasteiger partial charge in [-0.1, -0.05) is 13.8 Å². The average molecular weight is 254 g/mol. The van der Waals surface area contributed by atoms with E-state index in [9.17, 15) is 0 Å². The van der Waals surface area contributed by atoms with Crippen molar-refractivity contribution < 1.29 is 4.74 Å². The van der Waals surface area contributed by atoms with Crippen molar-refractivity contribution in [3.63, 3.8) is 0 Å². The van der Waals surface area contributed by atoms with Gasteiger partial charge in [-0.05, 0) is 12.8 Å². The van der Waals surface area contributed by atoms with Gasteiger partial charge in [0.1, 0.15) is 11.6 Å². The molecule has 0 aliphatic heterocycles. The molecule has 18 heavy (non-hydrogen) atoms. The van der Waals surface area contributed by atoms with E-state index in [0.717, 1.165) is 0 Å². The van der Waals surface area contributed by atoms with Crippen LogP contribution < -0.4 is 22.3 Å². The molecule has 102 valence electrons. The number of anilines is 3. The largest absolute Gasteiger partial charge is 0.380 e. The molecule has 1 aromatic heterocycles. The third-order valence-electron chi connectivity index (χ3n) is 2.53. The van der Waals surface area contributed by atoms with E-state index >= 15 is 0 Å². The molecular formula is C11H22N6O. The van der Waals surface area contributed by atoms with Crippen LogP contribution >= 0.6 is 0 Å². The van der Waals surface area contributed by atoms with E-state index in [-0.39, 0.29) is 12.0 Å². The van der Waals surface area contributed by atoms with Crippen LogP contribution in [-0.2, 0) is 4.74 Å². The summed E-state index contributed by atoms with van der Waals surface area (Å²) in [6, 6.07) is 1.86. The molecule has 0 radical (unpaired) electrons. The number of rotatable bonds is 7. The first-order chi connectivity index (χ1) is 8.56.